The van der Waals surface area contributed by atoms with Crippen molar-refractivity contribution in [3.05, 3.63) is 53.6 Å². The first kappa shape index (κ1) is 19.7. The summed E-state index contributed by atoms with van der Waals surface area (Å²) in [5.74, 6) is 1.14. The molecule has 7 heteroatoms. The van der Waals surface area contributed by atoms with Crippen molar-refractivity contribution in [1.29, 1.82) is 5.26 Å². The highest BCUT2D eigenvalue weighted by atomic mass is 35.5. The lowest BCUT2D eigenvalue weighted by Crippen LogP contribution is -2.41. The van der Waals surface area contributed by atoms with Crippen LogP contribution >= 0.6 is 12.4 Å². The summed E-state index contributed by atoms with van der Waals surface area (Å²) in [6.45, 7) is 2.04. The van der Waals surface area contributed by atoms with Crippen LogP contribution in [0.3, 0.4) is 0 Å². The van der Waals surface area contributed by atoms with Crippen molar-refractivity contribution in [3.63, 3.8) is 0 Å². The number of pyridine rings is 1. The zero-order valence-electron chi connectivity index (χ0n) is 14.6. The maximum Gasteiger partial charge on any atom is 0.256 e. The van der Waals surface area contributed by atoms with Crippen molar-refractivity contribution in [2.24, 2.45) is 0 Å². The highest BCUT2D eigenvalue weighted by Crippen LogP contribution is 2.20. The Morgan fingerprint density at radius 2 is 1.92 bits per heavy atom. The summed E-state index contributed by atoms with van der Waals surface area (Å²) in [6.07, 6.45) is 2.17. The number of aromatic nitrogens is 1. The zero-order chi connectivity index (χ0) is 17.6. The smallest absolute Gasteiger partial charge is 0.256 e. The van der Waals surface area contributed by atoms with Gasteiger partial charge in [-0.15, -0.1) is 12.4 Å². The first-order chi connectivity index (χ1) is 12.2. The summed E-state index contributed by atoms with van der Waals surface area (Å²) in [5.41, 5.74) is 1.03. The fourth-order valence-electron chi connectivity index (χ4n) is 2.95. The fourth-order valence-corrected chi connectivity index (χ4v) is 2.95. The summed E-state index contributed by atoms with van der Waals surface area (Å²) in [5, 5.41) is 15.0. The van der Waals surface area contributed by atoms with Crippen LogP contribution in [0.2, 0.25) is 0 Å². The minimum absolute atomic E-state index is 0. The van der Waals surface area contributed by atoms with Crippen LogP contribution < -0.4 is 15.5 Å². The molecule has 3 rings (SSSR count). The van der Waals surface area contributed by atoms with E-state index in [0.717, 1.165) is 31.7 Å². The Hall–Kier alpha value is -2.62. The number of piperidine rings is 1. The van der Waals surface area contributed by atoms with E-state index in [1.54, 1.807) is 30.3 Å². The third-order valence-corrected chi connectivity index (χ3v) is 4.47. The Balaban J connectivity index is 0.00000243. The van der Waals surface area contributed by atoms with Crippen molar-refractivity contribution in [2.75, 3.05) is 30.4 Å². The molecule has 1 aromatic heterocycles. The maximum atomic E-state index is 12.3. The number of hydrogen-bond acceptors (Lipinski definition) is 5. The lowest BCUT2D eigenvalue weighted by atomic mass is 10.1. The van der Waals surface area contributed by atoms with Gasteiger partial charge in [-0.3, -0.25) is 4.79 Å². The molecule has 6 nitrogen and oxygen atoms in total. The molecular weight excluding hydrogens is 350 g/mol. The summed E-state index contributed by atoms with van der Waals surface area (Å²) >= 11 is 0. The standard InChI is InChI=1S/C19H21N5O.ClH/c1-24(16-9-11-21-12-10-16)18-4-2-3-17(22-18)23-19(25)15-7-5-14(13-20)6-8-15;/h2-8,16,21H,9-12H2,1H3,(H,22,23,25);1H. The van der Waals surface area contributed by atoms with Crippen molar-refractivity contribution in [2.45, 2.75) is 18.9 Å². The van der Waals surface area contributed by atoms with E-state index in [0.29, 0.717) is 23.0 Å². The van der Waals surface area contributed by atoms with E-state index in [1.807, 2.05) is 25.2 Å². The second-order valence-corrected chi connectivity index (χ2v) is 6.12. The molecular formula is C19H22ClN5O. The van der Waals surface area contributed by atoms with Gasteiger partial charge in [0.1, 0.15) is 11.6 Å². The first-order valence-corrected chi connectivity index (χ1v) is 8.39. The molecule has 0 bridgehead atoms. The minimum atomic E-state index is -0.237. The van der Waals surface area contributed by atoms with Crippen LogP contribution in [0, 0.1) is 11.3 Å². The quantitative estimate of drug-likeness (QED) is 0.863. The molecule has 1 aliphatic rings. The Morgan fingerprint density at radius 3 is 2.58 bits per heavy atom. The molecule has 0 spiro atoms. The number of amides is 1. The third kappa shape index (κ3) is 4.72. The van der Waals surface area contributed by atoms with Crippen molar-refractivity contribution >= 4 is 29.9 Å². The van der Waals surface area contributed by atoms with Crippen LogP contribution in [0.15, 0.2) is 42.5 Å². The van der Waals surface area contributed by atoms with E-state index in [-0.39, 0.29) is 18.3 Å². The largest absolute Gasteiger partial charge is 0.357 e. The Bertz CT molecular complexity index is 781. The molecule has 0 unspecified atom stereocenters. The Kier molecular flexibility index (Phi) is 6.96. The van der Waals surface area contributed by atoms with E-state index in [1.165, 1.54) is 0 Å². The Morgan fingerprint density at radius 1 is 1.23 bits per heavy atom. The second-order valence-electron chi connectivity index (χ2n) is 6.12. The van der Waals surface area contributed by atoms with Gasteiger partial charge in [0.05, 0.1) is 11.6 Å². The third-order valence-electron chi connectivity index (χ3n) is 4.47. The van der Waals surface area contributed by atoms with Gasteiger partial charge in [0.2, 0.25) is 0 Å². The van der Waals surface area contributed by atoms with Crippen molar-refractivity contribution < 1.29 is 4.79 Å². The van der Waals surface area contributed by atoms with Crippen molar-refractivity contribution in [1.82, 2.24) is 10.3 Å². The van der Waals surface area contributed by atoms with Gasteiger partial charge >= 0.3 is 0 Å². The van der Waals surface area contributed by atoms with E-state index in [9.17, 15) is 4.79 Å². The monoisotopic (exact) mass is 371 g/mol. The molecule has 1 amide bonds. The van der Waals surface area contributed by atoms with E-state index < -0.39 is 0 Å². The van der Waals surface area contributed by atoms with Gasteiger partial charge in [-0.25, -0.2) is 4.98 Å². The van der Waals surface area contributed by atoms with Gasteiger partial charge < -0.3 is 15.5 Å². The normalized spacial score (nSPS) is 14.0. The van der Waals surface area contributed by atoms with Crippen LogP contribution in [0.5, 0.6) is 0 Å². The molecule has 136 valence electrons. The molecule has 0 aliphatic carbocycles. The summed E-state index contributed by atoms with van der Waals surface area (Å²) in [7, 11) is 2.05. The predicted molar refractivity (Wildman–Crippen MR) is 105 cm³/mol. The number of carbonyl (C=O) groups is 1. The average molecular weight is 372 g/mol. The Labute approximate surface area is 159 Å². The number of nitriles is 1. The molecule has 2 aromatic rings. The molecule has 0 radical (unpaired) electrons. The number of anilines is 2. The molecule has 2 N–H and O–H groups in total. The number of rotatable bonds is 4. The average Bonchev–Trinajstić information content (AvgIpc) is 2.68. The van der Waals surface area contributed by atoms with Gasteiger partial charge in [0.25, 0.3) is 5.91 Å². The number of hydrogen-bond donors (Lipinski definition) is 2. The highest BCUT2D eigenvalue weighted by molar-refractivity contribution is 6.03. The molecule has 1 aliphatic heterocycles. The lowest BCUT2D eigenvalue weighted by molar-refractivity contribution is 0.102. The van der Waals surface area contributed by atoms with Crippen LogP contribution in [0.1, 0.15) is 28.8 Å². The number of nitrogens with one attached hydrogen (secondary N) is 2. The number of carbonyl (C=O) groups excluding carboxylic acids is 1. The molecule has 0 saturated carbocycles. The topological polar surface area (TPSA) is 81.1 Å². The highest BCUT2D eigenvalue weighted by Gasteiger charge is 2.19. The van der Waals surface area contributed by atoms with E-state index in [2.05, 4.69) is 20.5 Å². The fraction of sp³-hybridized carbons (Fsp3) is 0.316. The van der Waals surface area contributed by atoms with Gasteiger partial charge in [-0.2, -0.15) is 5.26 Å². The predicted octanol–water partition coefficient (Wildman–Crippen LogP) is 2.82. The number of halogens is 1. The van der Waals surface area contributed by atoms with E-state index in [4.69, 9.17) is 5.26 Å². The summed E-state index contributed by atoms with van der Waals surface area (Å²) in [6, 6.07) is 14.7. The molecule has 26 heavy (non-hydrogen) atoms. The van der Waals surface area contributed by atoms with Gasteiger partial charge in [-0.05, 0) is 62.3 Å². The lowest BCUT2D eigenvalue weighted by Gasteiger charge is -2.32. The SMILES string of the molecule is CN(c1cccc(NC(=O)c2ccc(C#N)cc2)n1)C1CCNCC1.Cl. The zero-order valence-corrected chi connectivity index (χ0v) is 15.4. The molecule has 1 fully saturated rings. The molecule has 0 atom stereocenters. The summed E-state index contributed by atoms with van der Waals surface area (Å²) in [4.78, 5) is 19.1. The van der Waals surface area contributed by atoms with Gasteiger partial charge in [0.15, 0.2) is 0 Å². The maximum absolute atomic E-state index is 12.3. The molecule has 1 aromatic carbocycles. The first-order valence-electron chi connectivity index (χ1n) is 8.39. The van der Waals surface area contributed by atoms with Gasteiger partial charge in [-0.1, -0.05) is 6.07 Å². The van der Waals surface area contributed by atoms with E-state index >= 15 is 0 Å². The van der Waals surface area contributed by atoms with Crippen LogP contribution in [0.25, 0.3) is 0 Å². The van der Waals surface area contributed by atoms with Crippen LogP contribution in [-0.4, -0.2) is 37.1 Å². The molecule has 1 saturated heterocycles. The second kappa shape index (κ2) is 9.18. The summed E-state index contributed by atoms with van der Waals surface area (Å²) < 4.78 is 0. The van der Waals surface area contributed by atoms with Crippen molar-refractivity contribution in [3.8, 4) is 6.07 Å². The minimum Gasteiger partial charge on any atom is -0.357 e. The van der Waals surface area contributed by atoms with Gasteiger partial charge in [0, 0.05) is 18.7 Å². The number of benzene rings is 1. The number of nitrogens with zero attached hydrogens (tertiary/aromatic N) is 3. The van der Waals surface area contributed by atoms with Crippen LogP contribution in [-0.2, 0) is 0 Å². The van der Waals surface area contributed by atoms with Crippen LogP contribution in [0.4, 0.5) is 11.6 Å². The molecule has 2 heterocycles.